The number of nitrogens with zero attached hydrogens (tertiary/aromatic N) is 1. The van der Waals surface area contributed by atoms with Gasteiger partial charge in [0.1, 0.15) is 11.6 Å². The van der Waals surface area contributed by atoms with Gasteiger partial charge < -0.3 is 25.2 Å². The van der Waals surface area contributed by atoms with E-state index in [-0.39, 0.29) is 12.4 Å². The van der Waals surface area contributed by atoms with Gasteiger partial charge in [0.15, 0.2) is 0 Å². The van der Waals surface area contributed by atoms with Crippen molar-refractivity contribution in [1.82, 2.24) is 15.5 Å². The summed E-state index contributed by atoms with van der Waals surface area (Å²) in [4.78, 5) is 13.1. The third-order valence-electron chi connectivity index (χ3n) is 5.31. The first kappa shape index (κ1) is 19.6. The Morgan fingerprint density at radius 3 is 2.85 bits per heavy atom. The third kappa shape index (κ3) is 5.18. The average Bonchev–Trinajstić information content (AvgIpc) is 2.66. The summed E-state index contributed by atoms with van der Waals surface area (Å²) >= 11 is 0. The SMILES string of the molecule is N=C(NC(=O)O)C1NCCc2ccc(OCC3CCN(CCO)CC3)cc21. The Balaban J connectivity index is 1.60. The molecule has 2 aliphatic heterocycles. The molecule has 3 rings (SSSR count). The molecule has 0 aromatic heterocycles. The molecule has 1 aromatic rings. The van der Waals surface area contributed by atoms with Crippen LogP contribution in [-0.2, 0) is 6.42 Å². The monoisotopic (exact) mass is 376 g/mol. The van der Waals surface area contributed by atoms with Gasteiger partial charge >= 0.3 is 6.09 Å². The van der Waals surface area contributed by atoms with Crippen molar-refractivity contribution < 1.29 is 19.7 Å². The quantitative estimate of drug-likeness (QED) is 0.376. The summed E-state index contributed by atoms with van der Waals surface area (Å²) in [5, 5.41) is 31.3. The number of β-amino-alcohol motifs (C(OH)–C–C–N with tert-alkyl or cyclic N) is 1. The van der Waals surface area contributed by atoms with E-state index in [1.807, 2.05) is 18.2 Å². The van der Waals surface area contributed by atoms with Crippen LogP contribution < -0.4 is 15.4 Å². The third-order valence-corrected chi connectivity index (χ3v) is 5.31. The van der Waals surface area contributed by atoms with E-state index < -0.39 is 12.1 Å². The van der Waals surface area contributed by atoms with Crippen molar-refractivity contribution in [1.29, 1.82) is 5.41 Å². The predicted octanol–water partition coefficient (Wildman–Crippen LogP) is 1.20. The lowest BCUT2D eigenvalue weighted by Gasteiger charge is -2.31. The molecule has 0 spiro atoms. The summed E-state index contributed by atoms with van der Waals surface area (Å²) in [5.74, 6) is 1.18. The number of fused-ring (bicyclic) bond motifs is 1. The Bertz CT molecular complexity index is 674. The number of rotatable bonds is 6. The Kier molecular flexibility index (Phi) is 6.65. The number of hydrogen-bond acceptors (Lipinski definition) is 6. The number of nitrogens with one attached hydrogen (secondary N) is 3. The van der Waals surface area contributed by atoms with Crippen molar-refractivity contribution in [3.05, 3.63) is 29.3 Å². The summed E-state index contributed by atoms with van der Waals surface area (Å²) in [5.41, 5.74) is 2.01. The molecule has 27 heavy (non-hydrogen) atoms. The molecule has 1 saturated heterocycles. The van der Waals surface area contributed by atoms with Gasteiger partial charge in [-0.05, 0) is 61.5 Å². The van der Waals surface area contributed by atoms with Gasteiger partial charge in [0.05, 0.1) is 19.3 Å². The Labute approximate surface area is 159 Å². The minimum absolute atomic E-state index is 0.0724. The van der Waals surface area contributed by atoms with Crippen LogP contribution in [0.2, 0.25) is 0 Å². The lowest BCUT2D eigenvalue weighted by Crippen LogP contribution is -2.42. The molecular weight excluding hydrogens is 348 g/mol. The summed E-state index contributed by atoms with van der Waals surface area (Å²) < 4.78 is 6.01. The zero-order chi connectivity index (χ0) is 19.2. The number of aliphatic hydroxyl groups excluding tert-OH is 1. The van der Waals surface area contributed by atoms with E-state index >= 15 is 0 Å². The maximum absolute atomic E-state index is 10.9. The van der Waals surface area contributed by atoms with Gasteiger partial charge in [0, 0.05) is 13.1 Å². The number of ether oxygens (including phenoxy) is 1. The average molecular weight is 376 g/mol. The van der Waals surface area contributed by atoms with E-state index in [4.69, 9.17) is 20.4 Å². The van der Waals surface area contributed by atoms with Gasteiger partial charge in [0.2, 0.25) is 0 Å². The number of carboxylic acid groups (broad SMARTS) is 1. The van der Waals surface area contributed by atoms with E-state index in [0.29, 0.717) is 19.1 Å². The smallest absolute Gasteiger partial charge is 0.410 e. The Morgan fingerprint density at radius 1 is 1.37 bits per heavy atom. The van der Waals surface area contributed by atoms with Gasteiger partial charge in [-0.3, -0.25) is 10.7 Å². The highest BCUT2D eigenvalue weighted by Gasteiger charge is 2.25. The van der Waals surface area contributed by atoms with Crippen LogP contribution in [0.5, 0.6) is 5.75 Å². The molecule has 2 heterocycles. The van der Waals surface area contributed by atoms with E-state index in [2.05, 4.69) is 15.5 Å². The molecule has 1 atom stereocenters. The normalized spacial score (nSPS) is 20.7. The standard InChI is InChI=1S/C19H28N4O4/c20-18(22-19(25)26)17-16-11-15(2-1-14(16)3-6-21-17)27-12-13-4-7-23(8-5-13)9-10-24/h1-2,11,13,17,21,24H,3-10,12H2,(H2,20,22)(H,25,26). The number of amides is 1. The van der Waals surface area contributed by atoms with E-state index in [1.54, 1.807) is 0 Å². The second-order valence-electron chi connectivity index (χ2n) is 7.16. The first-order valence-corrected chi connectivity index (χ1v) is 9.47. The van der Waals surface area contributed by atoms with Crippen molar-refractivity contribution in [2.45, 2.75) is 25.3 Å². The van der Waals surface area contributed by atoms with Crippen molar-refractivity contribution in [3.63, 3.8) is 0 Å². The lowest BCUT2D eigenvalue weighted by atomic mass is 9.93. The molecule has 148 valence electrons. The highest BCUT2D eigenvalue weighted by Crippen LogP contribution is 2.28. The van der Waals surface area contributed by atoms with Crippen molar-refractivity contribution in [2.24, 2.45) is 5.92 Å². The van der Waals surface area contributed by atoms with Crippen LogP contribution in [0, 0.1) is 11.3 Å². The number of piperidine rings is 1. The van der Waals surface area contributed by atoms with E-state index in [0.717, 1.165) is 55.8 Å². The minimum Gasteiger partial charge on any atom is -0.493 e. The summed E-state index contributed by atoms with van der Waals surface area (Å²) in [6.07, 6.45) is 1.73. The zero-order valence-electron chi connectivity index (χ0n) is 15.4. The molecule has 8 nitrogen and oxygen atoms in total. The van der Waals surface area contributed by atoms with E-state index in [1.165, 1.54) is 0 Å². The maximum Gasteiger partial charge on any atom is 0.410 e. The van der Waals surface area contributed by atoms with Crippen molar-refractivity contribution in [2.75, 3.05) is 39.4 Å². The lowest BCUT2D eigenvalue weighted by molar-refractivity contribution is 0.122. The molecule has 0 radical (unpaired) electrons. The van der Waals surface area contributed by atoms with Gasteiger partial charge in [-0.2, -0.15) is 0 Å². The van der Waals surface area contributed by atoms with Crippen molar-refractivity contribution in [3.8, 4) is 5.75 Å². The summed E-state index contributed by atoms with van der Waals surface area (Å²) in [6.45, 7) is 4.27. The fourth-order valence-electron chi connectivity index (χ4n) is 3.80. The summed E-state index contributed by atoms with van der Waals surface area (Å²) in [6, 6.07) is 5.42. The van der Waals surface area contributed by atoms with Crippen LogP contribution in [0.3, 0.4) is 0 Å². The fraction of sp³-hybridized carbons (Fsp3) is 0.579. The molecule has 8 heteroatoms. The van der Waals surface area contributed by atoms with Gasteiger partial charge in [-0.1, -0.05) is 6.07 Å². The van der Waals surface area contributed by atoms with Crippen LogP contribution in [0.15, 0.2) is 18.2 Å². The first-order valence-electron chi connectivity index (χ1n) is 9.47. The van der Waals surface area contributed by atoms with Crippen LogP contribution in [-0.4, -0.2) is 66.4 Å². The van der Waals surface area contributed by atoms with Gasteiger partial charge in [-0.15, -0.1) is 0 Å². The Hall–Kier alpha value is -2.16. The molecule has 1 amide bonds. The second-order valence-corrected chi connectivity index (χ2v) is 7.16. The van der Waals surface area contributed by atoms with Crippen LogP contribution in [0.1, 0.15) is 30.0 Å². The van der Waals surface area contributed by atoms with Gasteiger partial charge in [0.25, 0.3) is 0 Å². The topological polar surface area (TPSA) is 118 Å². The fourth-order valence-corrected chi connectivity index (χ4v) is 3.80. The molecular formula is C19H28N4O4. The number of aliphatic hydroxyl groups is 1. The molecule has 2 aliphatic rings. The minimum atomic E-state index is -1.23. The summed E-state index contributed by atoms with van der Waals surface area (Å²) in [7, 11) is 0. The zero-order valence-corrected chi connectivity index (χ0v) is 15.4. The van der Waals surface area contributed by atoms with Crippen LogP contribution in [0.25, 0.3) is 0 Å². The van der Waals surface area contributed by atoms with Gasteiger partial charge in [-0.25, -0.2) is 4.79 Å². The highest BCUT2D eigenvalue weighted by atomic mass is 16.5. The highest BCUT2D eigenvalue weighted by molar-refractivity contribution is 5.96. The molecule has 5 N–H and O–H groups in total. The molecule has 1 fully saturated rings. The van der Waals surface area contributed by atoms with Crippen LogP contribution in [0.4, 0.5) is 4.79 Å². The molecule has 0 saturated carbocycles. The molecule has 0 bridgehead atoms. The maximum atomic E-state index is 10.9. The second kappa shape index (κ2) is 9.16. The van der Waals surface area contributed by atoms with Crippen LogP contribution >= 0.6 is 0 Å². The van der Waals surface area contributed by atoms with Crippen molar-refractivity contribution >= 4 is 11.9 Å². The molecule has 1 aromatic carbocycles. The molecule has 1 unspecified atom stereocenters. The van der Waals surface area contributed by atoms with E-state index in [9.17, 15) is 4.79 Å². The number of hydrogen-bond donors (Lipinski definition) is 5. The predicted molar refractivity (Wildman–Crippen MR) is 102 cm³/mol. The number of likely N-dealkylation sites (tertiary alicyclic amines) is 1. The largest absolute Gasteiger partial charge is 0.493 e. The number of carbonyl (C=O) groups is 1. The Morgan fingerprint density at radius 2 is 2.15 bits per heavy atom. The first-order chi connectivity index (χ1) is 13.1. The number of amidine groups is 1. The number of benzene rings is 1. The molecule has 0 aliphatic carbocycles.